The molecule has 0 aromatic rings. The first-order chi connectivity index (χ1) is 13.6. The summed E-state index contributed by atoms with van der Waals surface area (Å²) in [6.45, 7) is 9.05. The summed E-state index contributed by atoms with van der Waals surface area (Å²) in [5.41, 5.74) is 0. The van der Waals surface area contributed by atoms with Crippen LogP contribution in [0.25, 0.3) is 0 Å². The van der Waals surface area contributed by atoms with Crippen molar-refractivity contribution in [2.45, 2.75) is 51.2 Å². The minimum atomic E-state index is -0.329. The highest BCUT2D eigenvalue weighted by molar-refractivity contribution is 5.70. The van der Waals surface area contributed by atoms with Crippen LogP contribution < -0.4 is 0 Å². The van der Waals surface area contributed by atoms with Crippen molar-refractivity contribution in [1.82, 2.24) is 19.6 Å². The highest BCUT2D eigenvalue weighted by atomic mass is 16.6. The molecule has 0 aromatic carbocycles. The van der Waals surface area contributed by atoms with Gasteiger partial charge < -0.3 is 14.6 Å². The molecule has 0 aromatic heterocycles. The van der Waals surface area contributed by atoms with Crippen LogP contribution in [-0.4, -0.2) is 108 Å². The zero-order valence-corrected chi connectivity index (χ0v) is 16.9. The molecule has 4 saturated heterocycles. The lowest BCUT2D eigenvalue weighted by molar-refractivity contribution is 0.0935. The number of carbonyl (C=O) groups is 2. The Morgan fingerprint density at radius 1 is 0.821 bits per heavy atom. The van der Waals surface area contributed by atoms with Gasteiger partial charge in [0.05, 0.1) is 33.0 Å². The minimum Gasteiger partial charge on any atom is -0.444 e. The van der Waals surface area contributed by atoms with E-state index in [2.05, 4.69) is 16.7 Å². The van der Waals surface area contributed by atoms with Crippen LogP contribution in [-0.2, 0) is 9.47 Å². The number of nitrogens with zero attached hydrogens (tertiary/aromatic N) is 4. The number of rotatable bonds is 6. The molecule has 2 amide bonds. The van der Waals surface area contributed by atoms with Gasteiger partial charge in [-0.1, -0.05) is 6.92 Å². The number of hydrogen-bond acceptors (Lipinski definition) is 7. The Bertz CT molecular complexity index is 476. The van der Waals surface area contributed by atoms with Crippen molar-refractivity contribution in [1.29, 1.82) is 0 Å². The largest absolute Gasteiger partial charge is 0.444 e. The van der Waals surface area contributed by atoms with Crippen LogP contribution >= 0.6 is 0 Å². The lowest BCUT2D eigenvalue weighted by Crippen LogP contribution is -2.37. The van der Waals surface area contributed by atoms with Crippen molar-refractivity contribution >= 4 is 12.2 Å². The topological polar surface area (TPSA) is 85.8 Å². The van der Waals surface area contributed by atoms with Gasteiger partial charge in [-0.2, -0.15) is 0 Å². The summed E-state index contributed by atoms with van der Waals surface area (Å²) < 4.78 is 10.1. The minimum absolute atomic E-state index is 0.0811. The van der Waals surface area contributed by atoms with E-state index >= 15 is 0 Å². The molecular formula is C19H34N4O5. The first-order valence-corrected chi connectivity index (χ1v) is 10.6. The first-order valence-electron chi connectivity index (χ1n) is 10.6. The van der Waals surface area contributed by atoms with Crippen LogP contribution in [0.4, 0.5) is 9.59 Å². The zero-order chi connectivity index (χ0) is 19.9. The van der Waals surface area contributed by atoms with Crippen molar-refractivity contribution in [3.05, 3.63) is 0 Å². The molecule has 160 valence electrons. The number of aliphatic hydroxyl groups is 1. The molecule has 4 rings (SSSR count). The van der Waals surface area contributed by atoms with Crippen molar-refractivity contribution in [3.63, 3.8) is 0 Å². The van der Waals surface area contributed by atoms with Crippen LogP contribution in [0.5, 0.6) is 0 Å². The van der Waals surface area contributed by atoms with Gasteiger partial charge in [0, 0.05) is 0 Å². The molecule has 0 aliphatic carbocycles. The van der Waals surface area contributed by atoms with Crippen LogP contribution in [0.2, 0.25) is 0 Å². The molecule has 4 aliphatic heterocycles. The van der Waals surface area contributed by atoms with E-state index in [1.54, 1.807) is 4.90 Å². The Labute approximate surface area is 167 Å². The van der Waals surface area contributed by atoms with Gasteiger partial charge >= 0.3 is 12.2 Å². The monoisotopic (exact) mass is 398 g/mol. The van der Waals surface area contributed by atoms with Crippen LogP contribution in [0.15, 0.2) is 0 Å². The van der Waals surface area contributed by atoms with Gasteiger partial charge in [-0.15, -0.1) is 0 Å². The molecular weight excluding hydrogens is 364 g/mol. The maximum absolute atomic E-state index is 11.4. The second-order valence-corrected chi connectivity index (χ2v) is 7.98. The quantitative estimate of drug-likeness (QED) is 0.718. The van der Waals surface area contributed by atoms with Gasteiger partial charge in [-0.3, -0.25) is 19.6 Å². The fraction of sp³-hybridized carbons (Fsp3) is 0.895. The number of amides is 2. The molecule has 4 heterocycles. The molecule has 4 aliphatic rings. The summed E-state index contributed by atoms with van der Waals surface area (Å²) in [4.78, 5) is 30.7. The second kappa shape index (κ2) is 10.3. The molecule has 2 atom stereocenters. The van der Waals surface area contributed by atoms with E-state index in [4.69, 9.17) is 14.6 Å². The molecule has 28 heavy (non-hydrogen) atoms. The SMILES string of the molecule is CC[C@H]1CN(CN2CCCC2)C(=O)O1.O=C1O[C@@H](CO)CN1CN1CCCC1. The average molecular weight is 399 g/mol. The molecule has 0 unspecified atom stereocenters. The molecule has 4 fully saturated rings. The van der Waals surface area contributed by atoms with E-state index in [-0.39, 0.29) is 31.0 Å². The molecule has 0 radical (unpaired) electrons. The standard InChI is InChI=1S/C10H18N2O2.C9H16N2O3/c1-2-9-7-12(10(13)14-9)8-11-5-3-4-6-11;12-6-8-5-11(9(13)14-8)7-10-3-1-2-4-10/h9H,2-8H2,1H3;8,12H,1-7H2/t9-;8-/m01/s1. The van der Waals surface area contributed by atoms with E-state index in [9.17, 15) is 9.59 Å². The predicted molar refractivity (Wildman–Crippen MR) is 103 cm³/mol. The van der Waals surface area contributed by atoms with Gasteiger partial charge in [0.25, 0.3) is 0 Å². The number of likely N-dealkylation sites (tertiary alicyclic amines) is 2. The predicted octanol–water partition coefficient (Wildman–Crippen LogP) is 1.12. The molecule has 0 spiro atoms. The molecule has 1 N–H and O–H groups in total. The lowest BCUT2D eigenvalue weighted by atomic mass is 10.3. The Morgan fingerprint density at radius 3 is 1.61 bits per heavy atom. The maximum Gasteiger partial charge on any atom is 0.411 e. The number of cyclic esters (lactones) is 2. The van der Waals surface area contributed by atoms with E-state index < -0.39 is 0 Å². The fourth-order valence-corrected chi connectivity index (χ4v) is 4.02. The average Bonchev–Trinajstić information content (AvgIpc) is 3.47. The summed E-state index contributed by atoms with van der Waals surface area (Å²) in [7, 11) is 0. The number of hydrogen-bond donors (Lipinski definition) is 1. The van der Waals surface area contributed by atoms with Crippen molar-refractivity contribution < 1.29 is 24.2 Å². The van der Waals surface area contributed by atoms with Crippen molar-refractivity contribution in [2.75, 3.05) is 59.2 Å². The highest BCUT2D eigenvalue weighted by Gasteiger charge is 2.32. The Kier molecular flexibility index (Phi) is 7.75. The third-order valence-corrected chi connectivity index (χ3v) is 5.70. The van der Waals surface area contributed by atoms with Gasteiger partial charge in [-0.05, 0) is 58.3 Å². The number of carbonyl (C=O) groups excluding carboxylic acids is 2. The lowest BCUT2D eigenvalue weighted by Gasteiger charge is -2.21. The fourth-order valence-electron chi connectivity index (χ4n) is 4.02. The van der Waals surface area contributed by atoms with Crippen LogP contribution in [0, 0.1) is 0 Å². The zero-order valence-electron chi connectivity index (χ0n) is 16.9. The van der Waals surface area contributed by atoms with Crippen LogP contribution in [0.1, 0.15) is 39.0 Å². The van der Waals surface area contributed by atoms with Gasteiger partial charge in [0.1, 0.15) is 12.2 Å². The molecule has 0 bridgehead atoms. The molecule has 0 saturated carbocycles. The van der Waals surface area contributed by atoms with E-state index in [0.29, 0.717) is 13.2 Å². The molecule has 9 heteroatoms. The summed E-state index contributed by atoms with van der Waals surface area (Å²) in [5.74, 6) is 0. The van der Waals surface area contributed by atoms with Crippen molar-refractivity contribution in [3.8, 4) is 0 Å². The Balaban J connectivity index is 0.000000161. The second-order valence-electron chi connectivity index (χ2n) is 7.98. The number of aliphatic hydroxyl groups excluding tert-OH is 1. The van der Waals surface area contributed by atoms with Gasteiger partial charge in [0.2, 0.25) is 0 Å². The third-order valence-electron chi connectivity index (χ3n) is 5.70. The first kappa shape index (κ1) is 21.1. The highest BCUT2D eigenvalue weighted by Crippen LogP contribution is 2.16. The number of ether oxygens (including phenoxy) is 2. The van der Waals surface area contributed by atoms with E-state index in [0.717, 1.165) is 45.8 Å². The summed E-state index contributed by atoms with van der Waals surface area (Å²) in [6.07, 6.45) is 5.23. The Hall–Kier alpha value is -1.58. The normalized spacial score (nSPS) is 28.5. The summed E-state index contributed by atoms with van der Waals surface area (Å²) in [5, 5.41) is 8.84. The summed E-state index contributed by atoms with van der Waals surface area (Å²) >= 11 is 0. The van der Waals surface area contributed by atoms with Crippen LogP contribution in [0.3, 0.4) is 0 Å². The van der Waals surface area contributed by atoms with Crippen molar-refractivity contribution in [2.24, 2.45) is 0 Å². The summed E-state index contributed by atoms with van der Waals surface area (Å²) in [6, 6.07) is 0. The maximum atomic E-state index is 11.4. The molecule has 9 nitrogen and oxygen atoms in total. The Morgan fingerprint density at radius 2 is 1.25 bits per heavy atom. The van der Waals surface area contributed by atoms with Gasteiger partial charge in [-0.25, -0.2) is 9.59 Å². The van der Waals surface area contributed by atoms with E-state index in [1.807, 2.05) is 4.90 Å². The third kappa shape index (κ3) is 5.71. The van der Waals surface area contributed by atoms with Gasteiger partial charge in [0.15, 0.2) is 0 Å². The van der Waals surface area contributed by atoms with E-state index in [1.165, 1.54) is 25.7 Å². The smallest absolute Gasteiger partial charge is 0.411 e.